The van der Waals surface area contributed by atoms with Crippen molar-refractivity contribution < 1.29 is 9.47 Å². The Kier molecular flexibility index (Phi) is 3.82. The van der Waals surface area contributed by atoms with Crippen LogP contribution in [-0.4, -0.2) is 26.4 Å². The molecule has 0 aliphatic heterocycles. The zero-order valence-electron chi connectivity index (χ0n) is 10.6. The maximum Gasteiger partial charge on any atom is 0.105 e. The fourth-order valence-electron chi connectivity index (χ4n) is 2.10. The van der Waals surface area contributed by atoms with Crippen LogP contribution in [0.4, 0.5) is 0 Å². The van der Waals surface area contributed by atoms with Gasteiger partial charge in [0, 0.05) is 19.8 Å². The van der Waals surface area contributed by atoms with E-state index >= 15 is 0 Å². The molecule has 1 fully saturated rings. The number of hydrogen-bond donors (Lipinski definition) is 1. The Morgan fingerprint density at radius 3 is 2.71 bits per heavy atom. The van der Waals surface area contributed by atoms with E-state index in [4.69, 9.17) is 15.2 Å². The molecule has 0 heterocycles. The minimum absolute atomic E-state index is 0.00729. The highest BCUT2D eigenvalue weighted by Gasteiger charge is 2.37. The molecule has 0 spiro atoms. The second-order valence-electron chi connectivity index (χ2n) is 4.96. The smallest absolute Gasteiger partial charge is 0.105 e. The monoisotopic (exact) mass is 235 g/mol. The Labute approximate surface area is 103 Å². The van der Waals surface area contributed by atoms with Crippen LogP contribution in [0.15, 0.2) is 24.3 Å². The van der Waals surface area contributed by atoms with Crippen LogP contribution in [0.5, 0.6) is 0 Å². The normalized spacial score (nSPS) is 19.0. The Bertz CT molecular complexity index is 374. The number of nitrogens with two attached hydrogens (primary N) is 1. The number of benzene rings is 1. The van der Waals surface area contributed by atoms with Gasteiger partial charge in [0.25, 0.3) is 0 Å². The van der Waals surface area contributed by atoms with Crippen LogP contribution in [0.2, 0.25) is 0 Å². The Morgan fingerprint density at radius 1 is 1.35 bits per heavy atom. The predicted octanol–water partition coefficient (Wildman–Crippen LogP) is 2.05. The molecule has 1 unspecified atom stereocenters. The highest BCUT2D eigenvalue weighted by Crippen LogP contribution is 2.36. The van der Waals surface area contributed by atoms with Crippen molar-refractivity contribution in [3.8, 4) is 0 Å². The zero-order chi connectivity index (χ0) is 12.3. The molecule has 1 aromatic rings. The lowest BCUT2D eigenvalue weighted by molar-refractivity contribution is 0.0274. The number of methoxy groups -OCH3 is 2. The van der Waals surface area contributed by atoms with Crippen LogP contribution in [0.25, 0.3) is 0 Å². The first-order chi connectivity index (χ1) is 8.17. The minimum atomic E-state index is 0.00729. The second-order valence-corrected chi connectivity index (χ2v) is 4.96. The van der Waals surface area contributed by atoms with E-state index in [1.165, 1.54) is 5.56 Å². The summed E-state index contributed by atoms with van der Waals surface area (Å²) >= 11 is 0. The van der Waals surface area contributed by atoms with Gasteiger partial charge >= 0.3 is 0 Å². The van der Waals surface area contributed by atoms with Crippen LogP contribution < -0.4 is 5.73 Å². The van der Waals surface area contributed by atoms with E-state index in [1.54, 1.807) is 14.2 Å². The fourth-order valence-corrected chi connectivity index (χ4v) is 2.10. The third-order valence-corrected chi connectivity index (χ3v) is 3.37. The molecule has 1 atom stereocenters. The third kappa shape index (κ3) is 3.28. The van der Waals surface area contributed by atoms with Crippen LogP contribution in [0.1, 0.15) is 30.1 Å². The topological polar surface area (TPSA) is 44.5 Å². The van der Waals surface area contributed by atoms with Gasteiger partial charge in [-0.2, -0.15) is 0 Å². The first kappa shape index (κ1) is 12.6. The van der Waals surface area contributed by atoms with Crippen molar-refractivity contribution in [2.75, 3.05) is 20.8 Å². The van der Waals surface area contributed by atoms with Gasteiger partial charge in [-0.1, -0.05) is 24.3 Å². The summed E-state index contributed by atoms with van der Waals surface area (Å²) in [5.41, 5.74) is 8.65. The van der Waals surface area contributed by atoms with E-state index in [1.807, 2.05) is 0 Å². The molecule has 0 amide bonds. The summed E-state index contributed by atoms with van der Waals surface area (Å²) in [7, 11) is 3.40. The Balaban J connectivity index is 2.09. The van der Waals surface area contributed by atoms with Gasteiger partial charge in [0.15, 0.2) is 0 Å². The van der Waals surface area contributed by atoms with Crippen LogP contribution in [-0.2, 0) is 15.9 Å². The Hall–Kier alpha value is -0.900. The van der Waals surface area contributed by atoms with Gasteiger partial charge in [0.05, 0.1) is 6.61 Å². The molecule has 3 nitrogen and oxygen atoms in total. The van der Waals surface area contributed by atoms with Gasteiger partial charge in [-0.05, 0) is 30.4 Å². The van der Waals surface area contributed by atoms with Crippen molar-refractivity contribution in [2.24, 2.45) is 5.73 Å². The van der Waals surface area contributed by atoms with Crippen molar-refractivity contribution >= 4 is 0 Å². The predicted molar refractivity (Wildman–Crippen MR) is 67.9 cm³/mol. The van der Waals surface area contributed by atoms with Crippen molar-refractivity contribution in [3.63, 3.8) is 0 Å². The molecule has 17 heavy (non-hydrogen) atoms. The molecule has 1 aliphatic carbocycles. The SMILES string of the molecule is COCC(OC)c1cccc(CC2(N)CC2)c1. The van der Waals surface area contributed by atoms with Gasteiger partial charge in [0.1, 0.15) is 6.10 Å². The lowest BCUT2D eigenvalue weighted by Crippen LogP contribution is -2.24. The molecular weight excluding hydrogens is 214 g/mol. The minimum Gasteiger partial charge on any atom is -0.382 e. The van der Waals surface area contributed by atoms with E-state index < -0.39 is 0 Å². The van der Waals surface area contributed by atoms with Gasteiger partial charge < -0.3 is 15.2 Å². The van der Waals surface area contributed by atoms with Crippen LogP contribution >= 0.6 is 0 Å². The summed E-state index contributed by atoms with van der Waals surface area (Å²) in [4.78, 5) is 0. The van der Waals surface area contributed by atoms with Crippen molar-refractivity contribution in [1.82, 2.24) is 0 Å². The molecule has 94 valence electrons. The fraction of sp³-hybridized carbons (Fsp3) is 0.571. The number of ether oxygens (including phenoxy) is 2. The maximum absolute atomic E-state index is 6.14. The number of rotatable bonds is 6. The molecule has 2 rings (SSSR count). The average Bonchev–Trinajstić information content (AvgIpc) is 3.04. The van der Waals surface area contributed by atoms with E-state index in [0.717, 1.165) is 24.8 Å². The average molecular weight is 235 g/mol. The standard InChI is InChI=1S/C14H21NO2/c1-16-10-13(17-2)12-5-3-4-11(8-12)9-14(15)6-7-14/h3-5,8,13H,6-7,9-10,15H2,1-2H3. The maximum atomic E-state index is 6.14. The number of hydrogen-bond acceptors (Lipinski definition) is 3. The molecule has 0 bridgehead atoms. The van der Waals surface area contributed by atoms with E-state index in [2.05, 4.69) is 24.3 Å². The van der Waals surface area contributed by atoms with Crippen molar-refractivity contribution in [3.05, 3.63) is 35.4 Å². The summed E-state index contributed by atoms with van der Waals surface area (Å²) in [6.45, 7) is 0.577. The summed E-state index contributed by atoms with van der Waals surface area (Å²) in [5.74, 6) is 0. The summed E-state index contributed by atoms with van der Waals surface area (Å²) in [6.07, 6.45) is 3.25. The second kappa shape index (κ2) is 5.17. The molecule has 3 heteroatoms. The molecule has 0 saturated heterocycles. The molecule has 2 N–H and O–H groups in total. The van der Waals surface area contributed by atoms with Crippen LogP contribution in [0.3, 0.4) is 0 Å². The highest BCUT2D eigenvalue weighted by atomic mass is 16.5. The first-order valence-electron chi connectivity index (χ1n) is 6.06. The molecule has 1 saturated carbocycles. The van der Waals surface area contributed by atoms with E-state index in [0.29, 0.717) is 6.61 Å². The van der Waals surface area contributed by atoms with Gasteiger partial charge in [-0.25, -0.2) is 0 Å². The molecule has 1 aromatic carbocycles. The molecule has 1 aliphatic rings. The highest BCUT2D eigenvalue weighted by molar-refractivity contribution is 5.28. The first-order valence-corrected chi connectivity index (χ1v) is 6.06. The summed E-state index contributed by atoms with van der Waals surface area (Å²) in [5, 5.41) is 0. The molecular formula is C14H21NO2. The van der Waals surface area contributed by atoms with Gasteiger partial charge in [0.2, 0.25) is 0 Å². The third-order valence-electron chi connectivity index (χ3n) is 3.37. The van der Waals surface area contributed by atoms with E-state index in [-0.39, 0.29) is 11.6 Å². The van der Waals surface area contributed by atoms with Crippen molar-refractivity contribution in [2.45, 2.75) is 30.9 Å². The quantitative estimate of drug-likeness (QED) is 0.820. The van der Waals surface area contributed by atoms with Crippen LogP contribution in [0, 0.1) is 0 Å². The summed E-state index contributed by atoms with van der Waals surface area (Å²) < 4.78 is 10.6. The largest absolute Gasteiger partial charge is 0.382 e. The van der Waals surface area contributed by atoms with E-state index in [9.17, 15) is 0 Å². The van der Waals surface area contributed by atoms with Gasteiger partial charge in [-0.15, -0.1) is 0 Å². The van der Waals surface area contributed by atoms with Gasteiger partial charge in [-0.3, -0.25) is 0 Å². The molecule has 0 aromatic heterocycles. The Morgan fingerprint density at radius 2 is 2.12 bits per heavy atom. The lowest BCUT2D eigenvalue weighted by atomic mass is 10.0. The molecule has 0 radical (unpaired) electrons. The lowest BCUT2D eigenvalue weighted by Gasteiger charge is -2.16. The zero-order valence-corrected chi connectivity index (χ0v) is 10.6. The summed E-state index contributed by atoms with van der Waals surface area (Å²) in [6, 6.07) is 8.46. The van der Waals surface area contributed by atoms with Crippen molar-refractivity contribution in [1.29, 1.82) is 0 Å².